The van der Waals surface area contributed by atoms with Crippen molar-refractivity contribution in [3.63, 3.8) is 0 Å². The second kappa shape index (κ2) is 5.30. The maximum atomic E-state index is 10.0. The number of hydrogen-bond acceptors (Lipinski definition) is 2. The summed E-state index contributed by atoms with van der Waals surface area (Å²) in [5.41, 5.74) is 0. The van der Waals surface area contributed by atoms with Gasteiger partial charge < -0.3 is 9.90 Å². The molecule has 0 spiro atoms. The number of carbonyl (C=O) groups excluding carboxylic acids is 1. The molecule has 2 nitrogen and oxygen atoms in total. The summed E-state index contributed by atoms with van der Waals surface area (Å²) in [5, 5.41) is 9.34. The molecular weight excluding hydrogens is 140 g/mol. The fourth-order valence-electron chi connectivity index (χ4n) is 1.23. The van der Waals surface area contributed by atoms with Gasteiger partial charge in [0.05, 0.1) is 6.10 Å². The minimum absolute atomic E-state index is 0.236. The molecule has 0 rings (SSSR count). The second-order valence-electron chi connectivity index (χ2n) is 3.58. The van der Waals surface area contributed by atoms with Crippen LogP contribution in [0.25, 0.3) is 0 Å². The highest BCUT2D eigenvalue weighted by Crippen LogP contribution is 2.15. The van der Waals surface area contributed by atoms with Gasteiger partial charge in [0.1, 0.15) is 6.29 Å². The van der Waals surface area contributed by atoms with E-state index in [4.69, 9.17) is 0 Å². The molecule has 0 radical (unpaired) electrons. The lowest BCUT2D eigenvalue weighted by Crippen LogP contribution is -2.19. The van der Waals surface area contributed by atoms with Crippen LogP contribution in [0.15, 0.2) is 0 Å². The maximum Gasteiger partial charge on any atom is 0.122 e. The van der Waals surface area contributed by atoms with Crippen molar-refractivity contribution in [2.24, 2.45) is 11.8 Å². The molecule has 0 aromatic heterocycles. The first kappa shape index (κ1) is 10.6. The van der Waals surface area contributed by atoms with Crippen molar-refractivity contribution in [3.05, 3.63) is 0 Å². The summed E-state index contributed by atoms with van der Waals surface area (Å²) < 4.78 is 0. The zero-order chi connectivity index (χ0) is 8.85. The molecule has 2 atom stereocenters. The summed E-state index contributed by atoms with van der Waals surface area (Å²) in [6.07, 6.45) is 1.58. The Labute approximate surface area is 68.6 Å². The lowest BCUT2D eigenvalue weighted by atomic mass is 9.93. The molecule has 0 heterocycles. The van der Waals surface area contributed by atoms with Gasteiger partial charge in [-0.25, -0.2) is 0 Å². The SMILES string of the molecule is CC(C)CC(C)C(O)CC=O. The first-order valence-corrected chi connectivity index (χ1v) is 4.19. The van der Waals surface area contributed by atoms with E-state index in [1.165, 1.54) is 0 Å². The number of aliphatic hydroxyl groups is 1. The first-order chi connectivity index (χ1) is 5.07. The Balaban J connectivity index is 3.62. The molecule has 66 valence electrons. The standard InChI is InChI=1S/C9H18O2/c1-7(2)6-8(3)9(11)4-5-10/h5,7-9,11H,4,6H2,1-3H3. The summed E-state index contributed by atoms with van der Waals surface area (Å²) in [6, 6.07) is 0. The molecule has 0 aliphatic carbocycles. The third-order valence-corrected chi connectivity index (χ3v) is 1.84. The van der Waals surface area contributed by atoms with Gasteiger partial charge in [0, 0.05) is 6.42 Å². The molecule has 0 saturated heterocycles. The van der Waals surface area contributed by atoms with E-state index in [-0.39, 0.29) is 12.3 Å². The molecule has 1 N–H and O–H groups in total. The minimum Gasteiger partial charge on any atom is -0.392 e. The van der Waals surface area contributed by atoms with Crippen molar-refractivity contribution >= 4 is 6.29 Å². The Hall–Kier alpha value is -0.370. The quantitative estimate of drug-likeness (QED) is 0.617. The fraction of sp³-hybridized carbons (Fsp3) is 0.889. The second-order valence-corrected chi connectivity index (χ2v) is 3.58. The van der Waals surface area contributed by atoms with Crippen LogP contribution in [0.4, 0.5) is 0 Å². The van der Waals surface area contributed by atoms with Gasteiger partial charge in [-0.3, -0.25) is 0 Å². The highest BCUT2D eigenvalue weighted by atomic mass is 16.3. The summed E-state index contributed by atoms with van der Waals surface area (Å²) in [5.74, 6) is 0.825. The Bertz CT molecular complexity index is 110. The Kier molecular flexibility index (Phi) is 5.12. The van der Waals surface area contributed by atoms with E-state index in [9.17, 15) is 9.90 Å². The summed E-state index contributed by atoms with van der Waals surface area (Å²) in [4.78, 5) is 10.0. The van der Waals surface area contributed by atoms with Crippen LogP contribution >= 0.6 is 0 Å². The van der Waals surface area contributed by atoms with Gasteiger partial charge in [-0.2, -0.15) is 0 Å². The molecular formula is C9H18O2. The Morgan fingerprint density at radius 2 is 1.91 bits per heavy atom. The van der Waals surface area contributed by atoms with E-state index in [0.29, 0.717) is 5.92 Å². The number of hydrogen-bond donors (Lipinski definition) is 1. The van der Waals surface area contributed by atoms with Crippen molar-refractivity contribution in [3.8, 4) is 0 Å². The molecule has 0 saturated carbocycles. The van der Waals surface area contributed by atoms with Crippen molar-refractivity contribution < 1.29 is 9.90 Å². The summed E-state index contributed by atoms with van der Waals surface area (Å²) in [6.45, 7) is 6.21. The molecule has 0 fully saturated rings. The number of aldehydes is 1. The third-order valence-electron chi connectivity index (χ3n) is 1.84. The van der Waals surface area contributed by atoms with Crippen LogP contribution in [-0.2, 0) is 4.79 Å². The molecule has 0 aromatic carbocycles. The maximum absolute atomic E-state index is 10.0. The minimum atomic E-state index is -0.449. The third kappa shape index (κ3) is 4.96. The van der Waals surface area contributed by atoms with Gasteiger partial charge in [-0.15, -0.1) is 0 Å². The monoisotopic (exact) mass is 158 g/mol. The highest BCUT2D eigenvalue weighted by molar-refractivity contribution is 5.50. The zero-order valence-electron chi connectivity index (χ0n) is 7.58. The molecule has 11 heavy (non-hydrogen) atoms. The van der Waals surface area contributed by atoms with Gasteiger partial charge in [0.15, 0.2) is 0 Å². The first-order valence-electron chi connectivity index (χ1n) is 4.19. The van der Waals surface area contributed by atoms with Crippen LogP contribution in [-0.4, -0.2) is 17.5 Å². The van der Waals surface area contributed by atoms with Gasteiger partial charge in [0.2, 0.25) is 0 Å². The predicted octanol–water partition coefficient (Wildman–Crippen LogP) is 1.62. The smallest absolute Gasteiger partial charge is 0.122 e. The highest BCUT2D eigenvalue weighted by Gasteiger charge is 2.14. The number of rotatable bonds is 5. The molecule has 0 aliphatic heterocycles. The Morgan fingerprint density at radius 3 is 2.27 bits per heavy atom. The van der Waals surface area contributed by atoms with E-state index < -0.39 is 6.10 Å². The van der Waals surface area contributed by atoms with E-state index in [0.717, 1.165) is 12.7 Å². The van der Waals surface area contributed by atoms with E-state index in [1.54, 1.807) is 0 Å². The largest absolute Gasteiger partial charge is 0.392 e. The molecule has 0 aliphatic rings. The summed E-state index contributed by atoms with van der Waals surface area (Å²) >= 11 is 0. The lowest BCUT2D eigenvalue weighted by Gasteiger charge is -2.18. The zero-order valence-corrected chi connectivity index (χ0v) is 7.58. The van der Waals surface area contributed by atoms with Crippen molar-refractivity contribution in [2.45, 2.75) is 39.7 Å². The number of aliphatic hydroxyl groups excluding tert-OH is 1. The predicted molar refractivity (Wildman–Crippen MR) is 45.3 cm³/mol. The summed E-state index contributed by atoms with van der Waals surface area (Å²) in [7, 11) is 0. The van der Waals surface area contributed by atoms with E-state index >= 15 is 0 Å². The van der Waals surface area contributed by atoms with Gasteiger partial charge in [-0.1, -0.05) is 20.8 Å². The average molecular weight is 158 g/mol. The van der Waals surface area contributed by atoms with Crippen LogP contribution in [0.3, 0.4) is 0 Å². The topological polar surface area (TPSA) is 37.3 Å². The fourth-order valence-corrected chi connectivity index (χ4v) is 1.23. The van der Waals surface area contributed by atoms with Crippen LogP contribution in [0.1, 0.15) is 33.6 Å². The van der Waals surface area contributed by atoms with Gasteiger partial charge >= 0.3 is 0 Å². The van der Waals surface area contributed by atoms with Crippen LogP contribution in [0, 0.1) is 11.8 Å². The molecule has 2 heteroatoms. The molecule has 2 unspecified atom stereocenters. The number of carbonyl (C=O) groups is 1. The van der Waals surface area contributed by atoms with Gasteiger partial charge in [0.25, 0.3) is 0 Å². The van der Waals surface area contributed by atoms with Crippen molar-refractivity contribution in [1.82, 2.24) is 0 Å². The van der Waals surface area contributed by atoms with Crippen molar-refractivity contribution in [2.75, 3.05) is 0 Å². The normalized spacial score (nSPS) is 16.5. The van der Waals surface area contributed by atoms with Crippen LogP contribution < -0.4 is 0 Å². The van der Waals surface area contributed by atoms with E-state index in [2.05, 4.69) is 13.8 Å². The van der Waals surface area contributed by atoms with Gasteiger partial charge in [-0.05, 0) is 18.3 Å². The van der Waals surface area contributed by atoms with E-state index in [1.807, 2.05) is 6.92 Å². The van der Waals surface area contributed by atoms with Crippen LogP contribution in [0.5, 0.6) is 0 Å². The molecule has 0 bridgehead atoms. The molecule has 0 amide bonds. The van der Waals surface area contributed by atoms with Crippen LogP contribution in [0.2, 0.25) is 0 Å². The van der Waals surface area contributed by atoms with Crippen molar-refractivity contribution in [1.29, 1.82) is 0 Å². The lowest BCUT2D eigenvalue weighted by molar-refractivity contribution is -0.110. The Morgan fingerprint density at radius 1 is 1.36 bits per heavy atom. The molecule has 0 aromatic rings. The average Bonchev–Trinajstić information content (AvgIpc) is 1.86.